The maximum atomic E-state index is 13.1. The number of hydrogen-bond donors (Lipinski definition) is 1. The van der Waals surface area contributed by atoms with E-state index in [0.717, 1.165) is 42.4 Å². The molecule has 2 atom stereocenters. The minimum atomic E-state index is -0.474. The highest BCUT2D eigenvalue weighted by Crippen LogP contribution is 2.33. The van der Waals surface area contributed by atoms with Crippen molar-refractivity contribution in [3.8, 4) is 5.75 Å². The van der Waals surface area contributed by atoms with Gasteiger partial charge in [0.25, 0.3) is 5.91 Å². The average molecular weight is 387 g/mol. The molecule has 27 heavy (non-hydrogen) atoms. The van der Waals surface area contributed by atoms with Gasteiger partial charge in [0.2, 0.25) is 0 Å². The van der Waals surface area contributed by atoms with Crippen molar-refractivity contribution in [1.82, 2.24) is 9.88 Å². The van der Waals surface area contributed by atoms with Crippen molar-refractivity contribution in [3.63, 3.8) is 0 Å². The predicted octanol–water partition coefficient (Wildman–Crippen LogP) is 3.73. The zero-order valence-corrected chi connectivity index (χ0v) is 16.1. The van der Waals surface area contributed by atoms with Gasteiger partial charge in [-0.3, -0.25) is 9.69 Å². The van der Waals surface area contributed by atoms with Gasteiger partial charge in [0.15, 0.2) is 6.73 Å². The molecule has 1 aliphatic carbocycles. The van der Waals surface area contributed by atoms with Gasteiger partial charge in [-0.25, -0.2) is 4.98 Å². The Morgan fingerprint density at radius 1 is 1.30 bits per heavy atom. The normalized spacial score (nSPS) is 22.3. The lowest BCUT2D eigenvalue weighted by atomic mass is 9.90. The van der Waals surface area contributed by atoms with Crippen LogP contribution in [0.15, 0.2) is 30.5 Å². The molecule has 0 radical (unpaired) electrons. The molecular formula is C21H23ClN2O3. The van der Waals surface area contributed by atoms with Crippen LogP contribution in [0.25, 0.3) is 0 Å². The highest BCUT2D eigenvalue weighted by molar-refractivity contribution is 6.29. The molecule has 1 aromatic heterocycles. The summed E-state index contributed by atoms with van der Waals surface area (Å²) in [7, 11) is 0. The summed E-state index contributed by atoms with van der Waals surface area (Å²) >= 11 is 5.86. The molecule has 0 bridgehead atoms. The number of nitrogens with zero attached hydrogens (tertiary/aromatic N) is 2. The van der Waals surface area contributed by atoms with Crippen LogP contribution in [0.4, 0.5) is 0 Å². The summed E-state index contributed by atoms with van der Waals surface area (Å²) in [5.41, 5.74) is 3.73. The minimum absolute atomic E-state index is 0.0577. The monoisotopic (exact) mass is 386 g/mol. The third-order valence-corrected chi connectivity index (χ3v) is 5.79. The Balaban J connectivity index is 1.61. The van der Waals surface area contributed by atoms with Crippen molar-refractivity contribution in [2.75, 3.05) is 6.73 Å². The lowest BCUT2D eigenvalue weighted by molar-refractivity contribution is -0.0124. The van der Waals surface area contributed by atoms with Crippen molar-refractivity contribution < 1.29 is 14.6 Å². The molecule has 2 aliphatic rings. The molecule has 1 N–H and O–H groups in total. The van der Waals surface area contributed by atoms with Gasteiger partial charge in [-0.05, 0) is 61.1 Å². The van der Waals surface area contributed by atoms with Crippen molar-refractivity contribution in [3.05, 3.63) is 57.9 Å². The van der Waals surface area contributed by atoms with Gasteiger partial charge in [0, 0.05) is 6.20 Å². The van der Waals surface area contributed by atoms with E-state index in [9.17, 15) is 9.90 Å². The van der Waals surface area contributed by atoms with Crippen LogP contribution in [-0.2, 0) is 6.42 Å². The van der Waals surface area contributed by atoms with Gasteiger partial charge < -0.3 is 9.84 Å². The summed E-state index contributed by atoms with van der Waals surface area (Å²) in [4.78, 5) is 18.9. The largest absolute Gasteiger partial charge is 0.472 e. The van der Waals surface area contributed by atoms with Gasteiger partial charge in [0.05, 0.1) is 17.7 Å². The first kappa shape index (κ1) is 18.3. The van der Waals surface area contributed by atoms with Gasteiger partial charge in [-0.15, -0.1) is 0 Å². The smallest absolute Gasteiger partial charge is 0.260 e. The van der Waals surface area contributed by atoms with E-state index < -0.39 is 6.10 Å². The number of halogens is 1. The van der Waals surface area contributed by atoms with Crippen LogP contribution in [-0.4, -0.2) is 39.8 Å². The van der Waals surface area contributed by atoms with Crippen molar-refractivity contribution in [2.45, 2.75) is 51.2 Å². The molecule has 2 heterocycles. The van der Waals surface area contributed by atoms with Crippen molar-refractivity contribution in [1.29, 1.82) is 0 Å². The SMILES string of the molecule is Cc1cc2c(cc1Cc1ccc(Cl)nc1)C(=O)N(C1CCCCC1O)CO2. The van der Waals surface area contributed by atoms with E-state index in [4.69, 9.17) is 16.3 Å². The van der Waals surface area contributed by atoms with E-state index in [1.54, 1.807) is 17.2 Å². The molecule has 1 aromatic carbocycles. The van der Waals surface area contributed by atoms with Crippen LogP contribution in [0.1, 0.15) is 52.7 Å². The maximum absolute atomic E-state index is 13.1. The Morgan fingerprint density at radius 2 is 2.11 bits per heavy atom. The standard InChI is InChI=1S/C21H23ClN2O3/c1-13-8-19-16(10-15(13)9-14-6-7-20(22)23-11-14)21(26)24(12-27-19)17-4-2-3-5-18(17)25/h6-8,10-11,17-18,25H,2-5,9,12H2,1H3. The van der Waals surface area contributed by atoms with E-state index in [1.165, 1.54) is 0 Å². The highest BCUT2D eigenvalue weighted by Gasteiger charge is 2.36. The molecule has 2 aromatic rings. The third-order valence-electron chi connectivity index (χ3n) is 5.57. The fraction of sp³-hybridized carbons (Fsp3) is 0.429. The Morgan fingerprint density at radius 3 is 2.85 bits per heavy atom. The summed E-state index contributed by atoms with van der Waals surface area (Å²) in [5.74, 6) is 0.565. The number of amides is 1. The van der Waals surface area contributed by atoms with Crippen LogP contribution >= 0.6 is 11.6 Å². The third kappa shape index (κ3) is 3.66. The van der Waals surface area contributed by atoms with Gasteiger partial charge >= 0.3 is 0 Å². The quantitative estimate of drug-likeness (QED) is 0.816. The second kappa shape index (κ2) is 7.49. The fourth-order valence-electron chi connectivity index (χ4n) is 3.99. The fourth-order valence-corrected chi connectivity index (χ4v) is 4.10. The summed E-state index contributed by atoms with van der Waals surface area (Å²) in [6.07, 6.45) is 5.55. The number of hydrogen-bond acceptors (Lipinski definition) is 4. The number of fused-ring (bicyclic) bond motifs is 1. The zero-order valence-electron chi connectivity index (χ0n) is 15.3. The average Bonchev–Trinajstić information content (AvgIpc) is 2.66. The molecule has 5 nitrogen and oxygen atoms in total. The number of aryl methyl sites for hydroxylation is 1. The molecule has 1 aliphatic heterocycles. The molecule has 2 unspecified atom stereocenters. The number of aromatic nitrogens is 1. The van der Waals surface area contributed by atoms with Crippen LogP contribution in [0, 0.1) is 6.92 Å². The number of carbonyl (C=O) groups is 1. The molecule has 0 spiro atoms. The number of aliphatic hydroxyl groups is 1. The minimum Gasteiger partial charge on any atom is -0.472 e. The van der Waals surface area contributed by atoms with Crippen LogP contribution in [0.5, 0.6) is 5.75 Å². The molecule has 4 rings (SSSR count). The summed E-state index contributed by atoms with van der Waals surface area (Å²) in [6, 6.07) is 7.40. The summed E-state index contributed by atoms with van der Waals surface area (Å²) in [6.45, 7) is 2.22. The number of carbonyl (C=O) groups excluding carboxylic acids is 1. The summed E-state index contributed by atoms with van der Waals surface area (Å²) < 4.78 is 5.87. The molecule has 1 amide bonds. The maximum Gasteiger partial charge on any atom is 0.260 e. The van der Waals surface area contributed by atoms with Gasteiger partial charge in [-0.2, -0.15) is 0 Å². The number of aliphatic hydroxyl groups excluding tert-OH is 1. The predicted molar refractivity (Wildman–Crippen MR) is 103 cm³/mol. The Bertz CT molecular complexity index is 853. The lowest BCUT2D eigenvalue weighted by Crippen LogP contribution is -2.51. The zero-order chi connectivity index (χ0) is 19.0. The highest BCUT2D eigenvalue weighted by atomic mass is 35.5. The Labute approximate surface area is 163 Å². The van der Waals surface area contributed by atoms with Crippen molar-refractivity contribution in [2.24, 2.45) is 0 Å². The second-order valence-electron chi connectivity index (χ2n) is 7.41. The molecule has 0 saturated heterocycles. The van der Waals surface area contributed by atoms with Crippen LogP contribution in [0.3, 0.4) is 0 Å². The topological polar surface area (TPSA) is 62.7 Å². The first-order valence-electron chi connectivity index (χ1n) is 9.38. The number of benzene rings is 1. The molecule has 6 heteroatoms. The molecular weight excluding hydrogens is 364 g/mol. The van der Waals surface area contributed by atoms with E-state index in [-0.39, 0.29) is 18.7 Å². The van der Waals surface area contributed by atoms with E-state index in [0.29, 0.717) is 22.9 Å². The lowest BCUT2D eigenvalue weighted by Gasteiger charge is -2.39. The van der Waals surface area contributed by atoms with Crippen LogP contribution < -0.4 is 4.74 Å². The second-order valence-corrected chi connectivity index (χ2v) is 7.80. The Hall–Kier alpha value is -2.11. The number of pyridine rings is 1. The number of ether oxygens (including phenoxy) is 1. The molecule has 1 fully saturated rings. The first-order valence-corrected chi connectivity index (χ1v) is 9.76. The van der Waals surface area contributed by atoms with Crippen LogP contribution in [0.2, 0.25) is 5.15 Å². The number of rotatable bonds is 3. The van der Waals surface area contributed by atoms with E-state index >= 15 is 0 Å². The first-order chi connectivity index (χ1) is 13.0. The molecule has 1 saturated carbocycles. The van der Waals surface area contributed by atoms with Crippen molar-refractivity contribution >= 4 is 17.5 Å². The Kier molecular flexibility index (Phi) is 5.06. The van der Waals surface area contributed by atoms with Gasteiger partial charge in [0.1, 0.15) is 10.9 Å². The molecule has 142 valence electrons. The summed E-state index contributed by atoms with van der Waals surface area (Å²) in [5, 5.41) is 10.8. The van der Waals surface area contributed by atoms with E-state index in [1.807, 2.05) is 25.1 Å². The van der Waals surface area contributed by atoms with Gasteiger partial charge in [-0.1, -0.05) is 30.5 Å². The van der Waals surface area contributed by atoms with E-state index in [2.05, 4.69) is 4.98 Å².